The van der Waals surface area contributed by atoms with Gasteiger partial charge in [0.1, 0.15) is 19.0 Å². The van der Waals surface area contributed by atoms with E-state index in [9.17, 15) is 4.79 Å². The monoisotopic (exact) mass is 325 g/mol. The van der Waals surface area contributed by atoms with Crippen LogP contribution in [0.4, 0.5) is 5.69 Å². The minimum Gasteiger partial charge on any atom is -0.497 e. The summed E-state index contributed by atoms with van der Waals surface area (Å²) in [7, 11) is 1.62. The summed E-state index contributed by atoms with van der Waals surface area (Å²) < 4.78 is 16.1. The zero-order valence-corrected chi connectivity index (χ0v) is 13.7. The largest absolute Gasteiger partial charge is 0.497 e. The summed E-state index contributed by atoms with van der Waals surface area (Å²) in [5.74, 6) is 1.98. The standard InChI is InChI=1S/C19H19NO4/c1-13(20-15-4-6-16(22-2)7-5-15)11-17(21)14-3-8-18-19(12-14)24-10-9-23-18/h3-8,11-12,20H,9-10H2,1-2H3. The molecule has 2 aromatic carbocycles. The molecule has 0 bridgehead atoms. The molecule has 1 aliphatic heterocycles. The number of nitrogens with one attached hydrogen (secondary N) is 1. The van der Waals surface area contributed by atoms with Gasteiger partial charge in [-0.15, -0.1) is 0 Å². The number of anilines is 1. The van der Waals surface area contributed by atoms with Crippen LogP contribution in [0.2, 0.25) is 0 Å². The predicted octanol–water partition coefficient (Wildman–Crippen LogP) is 3.67. The molecule has 0 aliphatic carbocycles. The highest BCUT2D eigenvalue weighted by atomic mass is 16.6. The number of benzene rings is 2. The molecular weight excluding hydrogens is 306 g/mol. The number of rotatable bonds is 5. The second-order valence-electron chi connectivity index (χ2n) is 5.40. The lowest BCUT2D eigenvalue weighted by atomic mass is 10.1. The van der Waals surface area contributed by atoms with E-state index in [1.807, 2.05) is 31.2 Å². The molecule has 124 valence electrons. The molecule has 0 atom stereocenters. The summed E-state index contributed by atoms with van der Waals surface area (Å²) in [6, 6.07) is 12.7. The van der Waals surface area contributed by atoms with Crippen LogP contribution >= 0.6 is 0 Å². The third kappa shape index (κ3) is 3.68. The predicted molar refractivity (Wildman–Crippen MR) is 92.1 cm³/mol. The van der Waals surface area contributed by atoms with Gasteiger partial charge in [-0.3, -0.25) is 4.79 Å². The summed E-state index contributed by atoms with van der Waals surface area (Å²) >= 11 is 0. The minimum atomic E-state index is -0.0921. The maximum Gasteiger partial charge on any atom is 0.187 e. The highest BCUT2D eigenvalue weighted by molar-refractivity contribution is 6.05. The first-order valence-corrected chi connectivity index (χ1v) is 7.69. The maximum atomic E-state index is 12.4. The molecule has 0 radical (unpaired) electrons. The van der Waals surface area contributed by atoms with Gasteiger partial charge in [-0.05, 0) is 49.4 Å². The van der Waals surface area contributed by atoms with Crippen LogP contribution in [0.5, 0.6) is 17.2 Å². The van der Waals surface area contributed by atoms with Crippen LogP contribution in [-0.2, 0) is 0 Å². The van der Waals surface area contributed by atoms with E-state index >= 15 is 0 Å². The average molecular weight is 325 g/mol. The van der Waals surface area contributed by atoms with Crippen molar-refractivity contribution < 1.29 is 19.0 Å². The Labute approximate surface area is 140 Å². The van der Waals surface area contributed by atoms with E-state index in [1.165, 1.54) is 0 Å². The summed E-state index contributed by atoms with van der Waals surface area (Å²) in [6.07, 6.45) is 1.57. The Bertz CT molecular complexity index is 765. The molecule has 3 rings (SSSR count). The molecule has 24 heavy (non-hydrogen) atoms. The maximum absolute atomic E-state index is 12.4. The number of hydrogen-bond donors (Lipinski definition) is 1. The molecule has 1 aliphatic rings. The third-order valence-corrected chi connectivity index (χ3v) is 3.61. The van der Waals surface area contributed by atoms with Crippen molar-refractivity contribution in [1.82, 2.24) is 0 Å². The van der Waals surface area contributed by atoms with Gasteiger partial charge in [0.2, 0.25) is 0 Å². The lowest BCUT2D eigenvalue weighted by Gasteiger charge is -2.18. The fourth-order valence-corrected chi connectivity index (χ4v) is 2.41. The van der Waals surface area contributed by atoms with Gasteiger partial charge < -0.3 is 19.5 Å². The normalized spacial score (nSPS) is 13.3. The SMILES string of the molecule is COc1ccc(NC(C)=CC(=O)c2ccc3c(c2)OCCO3)cc1. The molecule has 2 aromatic rings. The summed E-state index contributed by atoms with van der Waals surface area (Å²) in [5.41, 5.74) is 2.20. The van der Waals surface area contributed by atoms with Crippen molar-refractivity contribution in [2.75, 3.05) is 25.6 Å². The molecule has 0 aromatic heterocycles. The van der Waals surface area contributed by atoms with Crippen molar-refractivity contribution in [2.45, 2.75) is 6.92 Å². The van der Waals surface area contributed by atoms with Gasteiger partial charge in [-0.25, -0.2) is 0 Å². The van der Waals surface area contributed by atoms with E-state index in [0.29, 0.717) is 30.3 Å². The van der Waals surface area contributed by atoms with E-state index in [-0.39, 0.29) is 5.78 Å². The number of methoxy groups -OCH3 is 1. The van der Waals surface area contributed by atoms with Crippen molar-refractivity contribution in [3.8, 4) is 17.2 Å². The van der Waals surface area contributed by atoms with Crippen LogP contribution in [0.15, 0.2) is 54.2 Å². The second-order valence-corrected chi connectivity index (χ2v) is 5.40. The molecule has 0 saturated carbocycles. The van der Waals surface area contributed by atoms with Crippen molar-refractivity contribution >= 4 is 11.5 Å². The number of fused-ring (bicyclic) bond motifs is 1. The Balaban J connectivity index is 1.71. The summed E-state index contributed by atoms with van der Waals surface area (Å²) in [4.78, 5) is 12.4. The number of ether oxygens (including phenoxy) is 3. The molecule has 0 unspecified atom stereocenters. The number of allylic oxidation sites excluding steroid dienone is 2. The lowest BCUT2D eigenvalue weighted by Crippen LogP contribution is -2.15. The van der Waals surface area contributed by atoms with Gasteiger partial charge in [0.15, 0.2) is 17.3 Å². The van der Waals surface area contributed by atoms with E-state index < -0.39 is 0 Å². The van der Waals surface area contributed by atoms with Crippen LogP contribution in [0.3, 0.4) is 0 Å². The second kappa shape index (κ2) is 7.08. The first kappa shape index (κ1) is 15.9. The molecule has 5 heteroatoms. The van der Waals surface area contributed by atoms with Gasteiger partial charge >= 0.3 is 0 Å². The van der Waals surface area contributed by atoms with Gasteiger partial charge in [0.05, 0.1) is 7.11 Å². The fourth-order valence-electron chi connectivity index (χ4n) is 2.41. The van der Waals surface area contributed by atoms with Crippen LogP contribution in [-0.4, -0.2) is 26.1 Å². The van der Waals surface area contributed by atoms with E-state index in [2.05, 4.69) is 5.32 Å². The Hall–Kier alpha value is -2.95. The van der Waals surface area contributed by atoms with E-state index in [1.54, 1.807) is 31.4 Å². The summed E-state index contributed by atoms with van der Waals surface area (Å²) in [5, 5.41) is 3.18. The highest BCUT2D eigenvalue weighted by Crippen LogP contribution is 2.31. The van der Waals surface area contributed by atoms with Gasteiger partial charge in [-0.2, -0.15) is 0 Å². The van der Waals surface area contributed by atoms with E-state index in [0.717, 1.165) is 17.1 Å². The van der Waals surface area contributed by atoms with Gasteiger partial charge in [-0.1, -0.05) is 0 Å². The minimum absolute atomic E-state index is 0.0921. The number of hydrogen-bond acceptors (Lipinski definition) is 5. The smallest absolute Gasteiger partial charge is 0.187 e. The van der Waals surface area contributed by atoms with Crippen LogP contribution in [0, 0.1) is 0 Å². The third-order valence-electron chi connectivity index (χ3n) is 3.61. The van der Waals surface area contributed by atoms with Gasteiger partial charge in [0.25, 0.3) is 0 Å². The van der Waals surface area contributed by atoms with Crippen molar-refractivity contribution in [1.29, 1.82) is 0 Å². The fraction of sp³-hybridized carbons (Fsp3) is 0.211. The quantitative estimate of drug-likeness (QED) is 0.671. The average Bonchev–Trinajstić information content (AvgIpc) is 2.61. The molecular formula is C19H19NO4. The van der Waals surface area contributed by atoms with Crippen molar-refractivity contribution in [3.63, 3.8) is 0 Å². The molecule has 1 heterocycles. The molecule has 1 N–H and O–H groups in total. The molecule has 0 spiro atoms. The highest BCUT2D eigenvalue weighted by Gasteiger charge is 2.14. The number of carbonyl (C=O) groups is 1. The van der Waals surface area contributed by atoms with Crippen LogP contribution < -0.4 is 19.5 Å². The van der Waals surface area contributed by atoms with Crippen molar-refractivity contribution in [3.05, 3.63) is 59.8 Å². The Kier molecular flexibility index (Phi) is 4.70. The van der Waals surface area contributed by atoms with Crippen LogP contribution in [0.25, 0.3) is 0 Å². The van der Waals surface area contributed by atoms with Crippen molar-refractivity contribution in [2.24, 2.45) is 0 Å². The molecule has 5 nitrogen and oxygen atoms in total. The zero-order valence-electron chi connectivity index (χ0n) is 13.7. The number of ketones is 1. The topological polar surface area (TPSA) is 56.8 Å². The number of carbonyl (C=O) groups excluding carboxylic acids is 1. The lowest BCUT2D eigenvalue weighted by molar-refractivity contribution is 0.104. The molecule has 0 saturated heterocycles. The van der Waals surface area contributed by atoms with E-state index in [4.69, 9.17) is 14.2 Å². The van der Waals surface area contributed by atoms with Gasteiger partial charge in [0, 0.05) is 23.0 Å². The molecule has 0 fully saturated rings. The molecule has 0 amide bonds. The summed E-state index contributed by atoms with van der Waals surface area (Å²) in [6.45, 7) is 2.88. The Morgan fingerprint density at radius 1 is 1.08 bits per heavy atom. The first-order valence-electron chi connectivity index (χ1n) is 7.69. The first-order chi connectivity index (χ1) is 11.7. The van der Waals surface area contributed by atoms with Crippen LogP contribution in [0.1, 0.15) is 17.3 Å². The Morgan fingerprint density at radius 3 is 2.50 bits per heavy atom. The Morgan fingerprint density at radius 2 is 1.79 bits per heavy atom. The zero-order chi connectivity index (χ0) is 16.9.